The molecule has 0 saturated heterocycles. The van der Waals surface area contributed by atoms with Gasteiger partial charge in [0, 0.05) is 11.1 Å². The average molecular weight is 381 g/mol. The maximum absolute atomic E-state index is 12.6. The predicted octanol–water partition coefficient (Wildman–Crippen LogP) is 4.51. The third-order valence-corrected chi connectivity index (χ3v) is 4.90. The predicted molar refractivity (Wildman–Crippen MR) is 107 cm³/mol. The minimum atomic E-state index is -0.321. The Morgan fingerprint density at radius 3 is 1.97 bits per heavy atom. The van der Waals surface area contributed by atoms with Crippen molar-refractivity contribution in [1.82, 2.24) is 10.1 Å². The second-order valence-corrected chi connectivity index (χ2v) is 6.83. The first-order chi connectivity index (χ1) is 14.1. The summed E-state index contributed by atoms with van der Waals surface area (Å²) in [7, 11) is 0. The molecule has 29 heavy (non-hydrogen) atoms. The maximum Gasteiger partial charge on any atom is 0.266 e. The van der Waals surface area contributed by atoms with Gasteiger partial charge in [-0.15, -0.1) is 0 Å². The van der Waals surface area contributed by atoms with Gasteiger partial charge in [0.2, 0.25) is 5.82 Å². The number of carbonyl (C=O) groups is 2. The van der Waals surface area contributed by atoms with Gasteiger partial charge in [-0.2, -0.15) is 4.98 Å². The molecule has 1 aliphatic heterocycles. The van der Waals surface area contributed by atoms with Crippen LogP contribution < -0.4 is 4.90 Å². The number of rotatable bonds is 3. The molecule has 0 radical (unpaired) electrons. The lowest BCUT2D eigenvalue weighted by Gasteiger charge is -2.13. The molecule has 0 aliphatic carbocycles. The largest absolute Gasteiger partial charge is 0.334 e. The smallest absolute Gasteiger partial charge is 0.266 e. The van der Waals surface area contributed by atoms with E-state index in [4.69, 9.17) is 4.52 Å². The Hall–Kier alpha value is -4.06. The van der Waals surface area contributed by atoms with Crippen LogP contribution in [0, 0.1) is 6.92 Å². The van der Waals surface area contributed by atoms with Gasteiger partial charge in [-0.1, -0.05) is 47.1 Å². The minimum Gasteiger partial charge on any atom is -0.334 e. The van der Waals surface area contributed by atoms with Crippen LogP contribution in [0.4, 0.5) is 5.69 Å². The van der Waals surface area contributed by atoms with Crippen molar-refractivity contribution in [2.75, 3.05) is 4.90 Å². The lowest BCUT2D eigenvalue weighted by molar-refractivity contribution is 0.0926. The minimum absolute atomic E-state index is 0.321. The molecule has 2 heterocycles. The number of fused-ring (bicyclic) bond motifs is 1. The van der Waals surface area contributed by atoms with Crippen LogP contribution in [0.3, 0.4) is 0 Å². The number of carbonyl (C=O) groups excluding carboxylic acids is 2. The molecule has 6 heteroatoms. The number of hydrogen-bond acceptors (Lipinski definition) is 5. The first-order valence-corrected chi connectivity index (χ1v) is 9.11. The molecule has 4 aromatic rings. The summed E-state index contributed by atoms with van der Waals surface area (Å²) in [5, 5.41) is 4.04. The first-order valence-electron chi connectivity index (χ1n) is 9.11. The molecule has 0 bridgehead atoms. The number of nitrogens with zero attached hydrogens (tertiary/aromatic N) is 3. The highest BCUT2D eigenvalue weighted by molar-refractivity contribution is 6.34. The standard InChI is InChI=1S/C23H15N3O3/c1-14-6-8-15(9-7-14)20-24-21(29-25-20)16-10-12-17(13-11-16)26-22(27)18-4-2-3-5-19(18)23(26)28/h2-13H,1H3. The van der Waals surface area contributed by atoms with Crippen molar-refractivity contribution in [3.05, 3.63) is 89.5 Å². The number of benzene rings is 3. The van der Waals surface area contributed by atoms with E-state index in [1.807, 2.05) is 31.2 Å². The molecule has 0 saturated carbocycles. The van der Waals surface area contributed by atoms with Crippen LogP contribution in [-0.2, 0) is 0 Å². The molecule has 0 N–H and O–H groups in total. The van der Waals surface area contributed by atoms with Gasteiger partial charge in [0.25, 0.3) is 17.7 Å². The summed E-state index contributed by atoms with van der Waals surface area (Å²) in [6.07, 6.45) is 0. The van der Waals surface area contributed by atoms with E-state index in [-0.39, 0.29) is 11.8 Å². The lowest BCUT2D eigenvalue weighted by atomic mass is 10.1. The van der Waals surface area contributed by atoms with Gasteiger partial charge in [-0.25, -0.2) is 4.90 Å². The monoisotopic (exact) mass is 381 g/mol. The Labute approximate surface area is 166 Å². The molecule has 140 valence electrons. The third kappa shape index (κ3) is 2.82. The Kier molecular flexibility index (Phi) is 3.84. The van der Waals surface area contributed by atoms with Gasteiger partial charge in [-0.3, -0.25) is 9.59 Å². The fourth-order valence-electron chi connectivity index (χ4n) is 3.34. The zero-order chi connectivity index (χ0) is 20.0. The molecular weight excluding hydrogens is 366 g/mol. The van der Waals surface area contributed by atoms with Crippen molar-refractivity contribution >= 4 is 17.5 Å². The molecule has 0 fully saturated rings. The topological polar surface area (TPSA) is 76.3 Å². The van der Waals surface area contributed by atoms with Crippen LogP contribution in [0.25, 0.3) is 22.8 Å². The number of imide groups is 1. The summed E-state index contributed by atoms with van der Waals surface area (Å²) in [5.41, 5.74) is 4.06. The molecule has 5 rings (SSSR count). The quantitative estimate of drug-likeness (QED) is 0.488. The van der Waals surface area contributed by atoms with E-state index in [1.54, 1.807) is 48.5 Å². The Bertz CT molecular complexity index is 1210. The van der Waals surface area contributed by atoms with Gasteiger partial charge in [0.05, 0.1) is 16.8 Å². The number of hydrogen-bond donors (Lipinski definition) is 0. The van der Waals surface area contributed by atoms with Gasteiger partial charge < -0.3 is 4.52 Å². The Balaban J connectivity index is 1.42. The van der Waals surface area contributed by atoms with Crippen molar-refractivity contribution in [3.63, 3.8) is 0 Å². The summed E-state index contributed by atoms with van der Waals surface area (Å²) in [4.78, 5) is 30.8. The number of aromatic nitrogens is 2. The normalized spacial score (nSPS) is 13.1. The van der Waals surface area contributed by atoms with Gasteiger partial charge in [-0.05, 0) is 43.3 Å². The first kappa shape index (κ1) is 17.1. The average Bonchev–Trinajstić information content (AvgIpc) is 3.33. The SMILES string of the molecule is Cc1ccc(-c2noc(-c3ccc(N4C(=O)c5ccccc5C4=O)cc3)n2)cc1. The molecular formula is C23H15N3O3. The van der Waals surface area contributed by atoms with Crippen molar-refractivity contribution in [2.45, 2.75) is 6.92 Å². The third-order valence-electron chi connectivity index (χ3n) is 4.90. The molecule has 0 atom stereocenters. The molecule has 0 unspecified atom stereocenters. The zero-order valence-corrected chi connectivity index (χ0v) is 15.5. The van der Waals surface area contributed by atoms with Crippen molar-refractivity contribution in [2.24, 2.45) is 0 Å². The molecule has 2 amide bonds. The van der Waals surface area contributed by atoms with E-state index in [0.29, 0.717) is 34.1 Å². The second-order valence-electron chi connectivity index (χ2n) is 6.83. The van der Waals surface area contributed by atoms with E-state index < -0.39 is 0 Å². The molecule has 6 nitrogen and oxygen atoms in total. The molecule has 1 aromatic heterocycles. The maximum atomic E-state index is 12.6. The van der Waals surface area contributed by atoms with Crippen LogP contribution >= 0.6 is 0 Å². The van der Waals surface area contributed by atoms with Crippen molar-refractivity contribution in [1.29, 1.82) is 0 Å². The van der Waals surface area contributed by atoms with E-state index >= 15 is 0 Å². The van der Waals surface area contributed by atoms with Crippen molar-refractivity contribution in [3.8, 4) is 22.8 Å². The fourth-order valence-corrected chi connectivity index (χ4v) is 3.34. The summed E-state index contributed by atoms with van der Waals surface area (Å²) in [6.45, 7) is 2.02. The highest BCUT2D eigenvalue weighted by atomic mass is 16.5. The number of aryl methyl sites for hydroxylation is 1. The highest BCUT2D eigenvalue weighted by Gasteiger charge is 2.36. The van der Waals surface area contributed by atoms with Gasteiger partial charge in [0.1, 0.15) is 0 Å². The van der Waals surface area contributed by atoms with Crippen LogP contribution in [0.5, 0.6) is 0 Å². The Morgan fingerprint density at radius 1 is 0.759 bits per heavy atom. The van der Waals surface area contributed by atoms with Crippen molar-refractivity contribution < 1.29 is 14.1 Å². The van der Waals surface area contributed by atoms with E-state index in [0.717, 1.165) is 11.1 Å². The fraction of sp³-hybridized carbons (Fsp3) is 0.0435. The van der Waals surface area contributed by atoms with Gasteiger partial charge >= 0.3 is 0 Å². The summed E-state index contributed by atoms with van der Waals surface area (Å²) < 4.78 is 5.39. The van der Waals surface area contributed by atoms with Crippen LogP contribution in [0.15, 0.2) is 77.3 Å². The van der Waals surface area contributed by atoms with Gasteiger partial charge in [0.15, 0.2) is 0 Å². The Morgan fingerprint density at radius 2 is 1.34 bits per heavy atom. The number of amides is 2. The lowest BCUT2D eigenvalue weighted by Crippen LogP contribution is -2.29. The van der Waals surface area contributed by atoms with Crippen LogP contribution in [0.1, 0.15) is 26.3 Å². The van der Waals surface area contributed by atoms with E-state index in [2.05, 4.69) is 10.1 Å². The molecule has 1 aliphatic rings. The van der Waals surface area contributed by atoms with E-state index in [1.165, 1.54) is 4.90 Å². The zero-order valence-electron chi connectivity index (χ0n) is 15.5. The highest BCUT2D eigenvalue weighted by Crippen LogP contribution is 2.30. The van der Waals surface area contributed by atoms with Crippen LogP contribution in [-0.4, -0.2) is 22.0 Å². The molecule has 3 aromatic carbocycles. The van der Waals surface area contributed by atoms with E-state index in [9.17, 15) is 9.59 Å². The summed E-state index contributed by atoms with van der Waals surface area (Å²) in [6, 6.07) is 21.6. The summed E-state index contributed by atoms with van der Waals surface area (Å²) >= 11 is 0. The van der Waals surface area contributed by atoms with Crippen LogP contribution in [0.2, 0.25) is 0 Å². The number of anilines is 1. The molecule has 0 spiro atoms. The summed E-state index contributed by atoms with van der Waals surface area (Å²) in [5.74, 6) is 0.231. The second kappa shape index (κ2) is 6.53.